The molecule has 3 heterocycles. The molecule has 0 spiro atoms. The van der Waals surface area contributed by atoms with Gasteiger partial charge in [-0.1, -0.05) is 0 Å². The number of furan rings is 1. The summed E-state index contributed by atoms with van der Waals surface area (Å²) in [4.78, 5) is 20.2. The highest BCUT2D eigenvalue weighted by molar-refractivity contribution is 9.10. The number of amides is 1. The van der Waals surface area contributed by atoms with Crippen molar-refractivity contribution in [2.45, 2.75) is 0 Å². The number of rotatable bonds is 3. The van der Waals surface area contributed by atoms with Crippen molar-refractivity contribution in [1.29, 1.82) is 0 Å². The number of hydrogen-bond acceptors (Lipinski definition) is 5. The zero-order chi connectivity index (χ0) is 13.9. The summed E-state index contributed by atoms with van der Waals surface area (Å²) in [7, 11) is 0. The van der Waals surface area contributed by atoms with Crippen LogP contribution >= 0.6 is 15.9 Å². The SMILES string of the molecule is O=C(Nc1cccnc1-n1cncn1)c1ccoc1Br. The lowest BCUT2D eigenvalue weighted by atomic mass is 10.3. The Morgan fingerprint density at radius 2 is 2.30 bits per heavy atom. The monoisotopic (exact) mass is 333 g/mol. The molecule has 100 valence electrons. The molecule has 0 bridgehead atoms. The average molecular weight is 334 g/mol. The van der Waals surface area contributed by atoms with Crippen LogP contribution in [0.15, 0.2) is 52.4 Å². The summed E-state index contributed by atoms with van der Waals surface area (Å²) in [5, 5.41) is 6.76. The van der Waals surface area contributed by atoms with E-state index in [2.05, 4.69) is 36.3 Å². The van der Waals surface area contributed by atoms with Crippen LogP contribution in [-0.2, 0) is 0 Å². The van der Waals surface area contributed by atoms with Crippen LogP contribution in [-0.4, -0.2) is 25.7 Å². The largest absolute Gasteiger partial charge is 0.457 e. The van der Waals surface area contributed by atoms with Crippen molar-refractivity contribution in [1.82, 2.24) is 19.7 Å². The maximum atomic E-state index is 12.1. The van der Waals surface area contributed by atoms with Gasteiger partial charge in [0.25, 0.3) is 5.91 Å². The van der Waals surface area contributed by atoms with E-state index in [1.54, 1.807) is 24.4 Å². The Morgan fingerprint density at radius 1 is 1.40 bits per heavy atom. The smallest absolute Gasteiger partial charge is 0.260 e. The number of nitrogens with one attached hydrogen (secondary N) is 1. The first kappa shape index (κ1) is 12.5. The Kier molecular flexibility index (Phi) is 3.30. The van der Waals surface area contributed by atoms with Crippen LogP contribution in [0.1, 0.15) is 10.4 Å². The second-order valence-electron chi connectivity index (χ2n) is 3.78. The number of halogens is 1. The third-order valence-corrected chi connectivity index (χ3v) is 3.15. The van der Waals surface area contributed by atoms with E-state index < -0.39 is 0 Å². The molecule has 0 aliphatic heterocycles. The van der Waals surface area contributed by atoms with E-state index in [-0.39, 0.29) is 5.91 Å². The summed E-state index contributed by atoms with van der Waals surface area (Å²) in [5.74, 6) is 0.179. The van der Waals surface area contributed by atoms with Crippen molar-refractivity contribution in [2.75, 3.05) is 5.32 Å². The standard InChI is InChI=1S/C12H8BrN5O2/c13-10-8(3-5-20-10)12(19)17-9-2-1-4-15-11(9)18-7-14-6-16-18/h1-7H,(H,17,19). The van der Waals surface area contributed by atoms with Crippen LogP contribution in [0.4, 0.5) is 5.69 Å². The first-order valence-corrected chi connectivity index (χ1v) is 6.39. The van der Waals surface area contributed by atoms with Gasteiger partial charge in [0, 0.05) is 6.20 Å². The van der Waals surface area contributed by atoms with Gasteiger partial charge in [-0.2, -0.15) is 5.10 Å². The van der Waals surface area contributed by atoms with E-state index in [1.807, 2.05) is 0 Å². The van der Waals surface area contributed by atoms with Crippen molar-refractivity contribution >= 4 is 27.5 Å². The normalized spacial score (nSPS) is 10.4. The molecule has 8 heteroatoms. The van der Waals surface area contributed by atoms with Gasteiger partial charge in [-0.25, -0.2) is 14.6 Å². The van der Waals surface area contributed by atoms with Gasteiger partial charge in [-0.15, -0.1) is 0 Å². The van der Waals surface area contributed by atoms with Gasteiger partial charge in [-0.3, -0.25) is 4.79 Å². The van der Waals surface area contributed by atoms with E-state index in [9.17, 15) is 4.79 Å². The fraction of sp³-hybridized carbons (Fsp3) is 0. The van der Waals surface area contributed by atoms with E-state index in [1.165, 1.54) is 23.6 Å². The Hall–Kier alpha value is -2.48. The molecule has 0 saturated carbocycles. The summed E-state index contributed by atoms with van der Waals surface area (Å²) < 4.78 is 6.89. The Labute approximate surface area is 121 Å². The molecule has 7 nitrogen and oxygen atoms in total. The molecule has 3 aromatic rings. The number of aromatic nitrogens is 4. The molecular weight excluding hydrogens is 326 g/mol. The lowest BCUT2D eigenvalue weighted by Crippen LogP contribution is -2.14. The summed E-state index contributed by atoms with van der Waals surface area (Å²) in [6.45, 7) is 0. The fourth-order valence-corrected chi connectivity index (χ4v) is 2.06. The molecule has 0 fully saturated rings. The highest BCUT2D eigenvalue weighted by atomic mass is 79.9. The summed E-state index contributed by atoms with van der Waals surface area (Å²) in [5.41, 5.74) is 0.925. The first-order valence-electron chi connectivity index (χ1n) is 5.60. The van der Waals surface area contributed by atoms with Gasteiger partial charge in [0.1, 0.15) is 12.7 Å². The molecule has 0 unspecified atom stereocenters. The topological polar surface area (TPSA) is 85.8 Å². The average Bonchev–Trinajstić information content (AvgIpc) is 3.10. The number of nitrogens with zero attached hydrogens (tertiary/aromatic N) is 4. The van der Waals surface area contributed by atoms with Crippen molar-refractivity contribution in [3.8, 4) is 5.82 Å². The van der Waals surface area contributed by atoms with Crippen LogP contribution in [0.25, 0.3) is 5.82 Å². The zero-order valence-electron chi connectivity index (χ0n) is 10.0. The molecule has 0 aliphatic carbocycles. The maximum absolute atomic E-state index is 12.1. The van der Waals surface area contributed by atoms with E-state index in [4.69, 9.17) is 4.42 Å². The molecular formula is C12H8BrN5O2. The Balaban J connectivity index is 1.92. The molecule has 0 radical (unpaired) electrons. The highest BCUT2D eigenvalue weighted by Gasteiger charge is 2.15. The highest BCUT2D eigenvalue weighted by Crippen LogP contribution is 2.21. The molecule has 0 aromatic carbocycles. The van der Waals surface area contributed by atoms with Gasteiger partial charge in [-0.05, 0) is 34.1 Å². The molecule has 3 rings (SSSR count). The number of anilines is 1. The number of carbonyl (C=O) groups is 1. The van der Waals surface area contributed by atoms with Crippen molar-refractivity contribution < 1.29 is 9.21 Å². The summed E-state index contributed by atoms with van der Waals surface area (Å²) in [6, 6.07) is 5.03. The quantitative estimate of drug-likeness (QED) is 0.794. The lowest BCUT2D eigenvalue weighted by Gasteiger charge is -2.08. The third kappa shape index (κ3) is 2.32. The van der Waals surface area contributed by atoms with Gasteiger partial charge < -0.3 is 9.73 Å². The molecule has 20 heavy (non-hydrogen) atoms. The zero-order valence-corrected chi connectivity index (χ0v) is 11.6. The number of pyridine rings is 1. The van der Waals surface area contributed by atoms with Gasteiger partial charge in [0.05, 0.1) is 17.5 Å². The van der Waals surface area contributed by atoms with Gasteiger partial charge in [0.2, 0.25) is 0 Å². The van der Waals surface area contributed by atoms with Crippen LogP contribution in [0.3, 0.4) is 0 Å². The second kappa shape index (κ2) is 5.25. The molecule has 0 saturated heterocycles. The molecule has 0 atom stereocenters. The van der Waals surface area contributed by atoms with Crippen LogP contribution in [0.5, 0.6) is 0 Å². The van der Waals surface area contributed by atoms with E-state index in [0.717, 1.165) is 0 Å². The van der Waals surface area contributed by atoms with E-state index >= 15 is 0 Å². The second-order valence-corrected chi connectivity index (χ2v) is 4.50. The molecule has 0 aliphatic rings. The van der Waals surface area contributed by atoms with Crippen molar-refractivity contribution in [3.05, 3.63) is 53.5 Å². The van der Waals surface area contributed by atoms with Crippen LogP contribution < -0.4 is 5.32 Å². The number of hydrogen-bond donors (Lipinski definition) is 1. The minimum atomic E-state index is -0.306. The lowest BCUT2D eigenvalue weighted by molar-refractivity contribution is 0.102. The van der Waals surface area contributed by atoms with Crippen LogP contribution in [0.2, 0.25) is 0 Å². The predicted molar refractivity (Wildman–Crippen MR) is 73.5 cm³/mol. The van der Waals surface area contributed by atoms with Crippen molar-refractivity contribution in [2.24, 2.45) is 0 Å². The molecule has 3 aromatic heterocycles. The Bertz CT molecular complexity index is 738. The molecule has 1 amide bonds. The minimum Gasteiger partial charge on any atom is -0.457 e. The summed E-state index contributed by atoms with van der Waals surface area (Å²) in [6.07, 6.45) is 5.94. The fourth-order valence-electron chi connectivity index (χ4n) is 1.64. The predicted octanol–water partition coefficient (Wildman–Crippen LogP) is 2.27. The van der Waals surface area contributed by atoms with Crippen molar-refractivity contribution in [3.63, 3.8) is 0 Å². The van der Waals surface area contributed by atoms with Gasteiger partial charge >= 0.3 is 0 Å². The van der Waals surface area contributed by atoms with Gasteiger partial charge in [0.15, 0.2) is 10.5 Å². The first-order chi connectivity index (χ1) is 9.75. The summed E-state index contributed by atoms with van der Waals surface area (Å²) >= 11 is 3.17. The van der Waals surface area contributed by atoms with E-state index in [0.29, 0.717) is 21.7 Å². The minimum absolute atomic E-state index is 0.306. The maximum Gasteiger partial charge on any atom is 0.260 e. The number of carbonyl (C=O) groups excluding carboxylic acids is 1. The molecule has 1 N–H and O–H groups in total. The third-order valence-electron chi connectivity index (χ3n) is 2.53. The Morgan fingerprint density at radius 3 is 3.00 bits per heavy atom. The van der Waals surface area contributed by atoms with Crippen LogP contribution in [0, 0.1) is 0 Å².